The average molecular weight is 490 g/mol. The van der Waals surface area contributed by atoms with Gasteiger partial charge in [0.15, 0.2) is 5.17 Å². The van der Waals surface area contributed by atoms with Gasteiger partial charge in [0.1, 0.15) is 10.6 Å². The van der Waals surface area contributed by atoms with Gasteiger partial charge in [-0.15, -0.1) is 5.10 Å². The summed E-state index contributed by atoms with van der Waals surface area (Å²) in [6, 6.07) is 11.6. The van der Waals surface area contributed by atoms with E-state index in [9.17, 15) is 27.9 Å². The fraction of sp³-hybridized carbons (Fsp3) is 0.150. The lowest BCUT2D eigenvalue weighted by atomic mass is 10.2. The summed E-state index contributed by atoms with van der Waals surface area (Å²) < 4.78 is 30.2. The van der Waals surface area contributed by atoms with E-state index in [1.165, 1.54) is 49.5 Å². The molecule has 0 aliphatic carbocycles. The van der Waals surface area contributed by atoms with E-state index < -0.39 is 33.7 Å². The molecule has 2 amide bonds. The van der Waals surface area contributed by atoms with E-state index in [2.05, 4.69) is 20.8 Å². The number of carboxylic acid groups (broad SMARTS) is 1. The van der Waals surface area contributed by atoms with Gasteiger partial charge < -0.3 is 24.7 Å². The van der Waals surface area contributed by atoms with Gasteiger partial charge in [-0.05, 0) is 42.0 Å². The summed E-state index contributed by atoms with van der Waals surface area (Å²) in [6.07, 6.45) is 0.872. The quantitative estimate of drug-likeness (QED) is 0.307. The minimum absolute atomic E-state index is 0.0371. The number of aliphatic carboxylic acids is 1. The Kier molecular flexibility index (Phi) is 7.45. The van der Waals surface area contributed by atoms with Crippen LogP contribution in [0, 0.1) is 0 Å². The molecule has 1 heterocycles. The van der Waals surface area contributed by atoms with Crippen LogP contribution in [0.3, 0.4) is 0 Å². The van der Waals surface area contributed by atoms with Crippen LogP contribution in [0.25, 0.3) is 0 Å². The largest absolute Gasteiger partial charge is 0.550 e. The van der Waals surface area contributed by atoms with Gasteiger partial charge in [0.2, 0.25) is 11.8 Å². The third-order valence-corrected chi connectivity index (χ3v) is 6.34. The molecule has 1 saturated heterocycles. The first-order valence-electron chi connectivity index (χ1n) is 9.33. The van der Waals surface area contributed by atoms with E-state index in [0.717, 1.165) is 11.8 Å². The molecule has 0 bridgehead atoms. The number of benzene rings is 2. The van der Waals surface area contributed by atoms with Crippen molar-refractivity contribution in [3.63, 3.8) is 0 Å². The monoisotopic (exact) mass is 489 g/mol. The minimum atomic E-state index is -4.12. The van der Waals surface area contributed by atoms with Crippen LogP contribution < -0.4 is 19.9 Å². The van der Waals surface area contributed by atoms with Crippen molar-refractivity contribution < 1.29 is 32.1 Å². The van der Waals surface area contributed by atoms with Crippen LogP contribution >= 0.6 is 11.8 Å². The molecule has 0 saturated carbocycles. The van der Waals surface area contributed by atoms with Gasteiger partial charge in [-0.2, -0.15) is 13.5 Å². The highest BCUT2D eigenvalue weighted by Gasteiger charge is 2.30. The molecule has 1 aliphatic heterocycles. The molecule has 1 aliphatic rings. The van der Waals surface area contributed by atoms with Crippen molar-refractivity contribution in [3.05, 3.63) is 54.1 Å². The topological polar surface area (TPSA) is 166 Å². The van der Waals surface area contributed by atoms with Crippen molar-refractivity contribution >= 4 is 56.7 Å². The lowest BCUT2D eigenvalue weighted by Gasteiger charge is -2.08. The molecular weight excluding hydrogens is 472 g/mol. The molecular formula is C20H17N4O7S2-. The number of hydrogen-bond donors (Lipinski definition) is 2. The molecule has 0 spiro atoms. The van der Waals surface area contributed by atoms with Crippen molar-refractivity contribution in [2.45, 2.75) is 23.5 Å². The van der Waals surface area contributed by atoms with Crippen LogP contribution in [0.2, 0.25) is 0 Å². The van der Waals surface area contributed by atoms with Crippen LogP contribution in [0.5, 0.6) is 5.75 Å². The number of rotatable bonds is 8. The van der Waals surface area contributed by atoms with Crippen molar-refractivity contribution in [1.29, 1.82) is 0 Å². The van der Waals surface area contributed by atoms with Gasteiger partial charge in [-0.1, -0.05) is 23.9 Å². The second-order valence-corrected chi connectivity index (χ2v) is 9.37. The molecule has 13 heteroatoms. The third-order valence-electron chi connectivity index (χ3n) is 4.01. The predicted octanol–water partition coefficient (Wildman–Crippen LogP) is 0.474. The first-order valence-corrected chi connectivity index (χ1v) is 11.6. The number of amidine groups is 1. The summed E-state index contributed by atoms with van der Waals surface area (Å²) in [5.41, 5.74) is 0.914. The Labute approximate surface area is 193 Å². The van der Waals surface area contributed by atoms with Crippen LogP contribution in [0.15, 0.2) is 63.6 Å². The van der Waals surface area contributed by atoms with E-state index in [4.69, 9.17) is 4.18 Å². The van der Waals surface area contributed by atoms with E-state index in [1.54, 1.807) is 12.1 Å². The zero-order chi connectivity index (χ0) is 24.0. The molecule has 2 aromatic rings. The molecule has 172 valence electrons. The number of anilines is 1. The fourth-order valence-corrected chi connectivity index (χ4v) is 4.45. The van der Waals surface area contributed by atoms with Crippen molar-refractivity contribution in [1.82, 2.24) is 5.32 Å². The van der Waals surface area contributed by atoms with Crippen LogP contribution in [0.1, 0.15) is 18.9 Å². The number of carboxylic acids is 1. The molecule has 0 radical (unpaired) electrons. The Balaban J connectivity index is 1.66. The Bertz CT molecular complexity index is 1240. The molecule has 1 atom stereocenters. The van der Waals surface area contributed by atoms with Gasteiger partial charge in [0.05, 0.1) is 11.5 Å². The van der Waals surface area contributed by atoms with Crippen molar-refractivity contribution in [2.75, 3.05) is 5.32 Å². The predicted molar refractivity (Wildman–Crippen MR) is 119 cm³/mol. The zero-order valence-corrected chi connectivity index (χ0v) is 18.7. The van der Waals surface area contributed by atoms with Crippen molar-refractivity contribution in [2.24, 2.45) is 10.2 Å². The molecule has 0 aromatic heterocycles. The smallest absolute Gasteiger partial charge is 0.339 e. The number of nitrogens with zero attached hydrogens (tertiary/aromatic N) is 2. The maximum atomic E-state index is 12.5. The Hall–Kier alpha value is -3.71. The normalized spacial score (nSPS) is 17.2. The van der Waals surface area contributed by atoms with E-state index in [-0.39, 0.29) is 21.7 Å². The van der Waals surface area contributed by atoms with Gasteiger partial charge in [-0.25, -0.2) is 0 Å². The highest BCUT2D eigenvalue weighted by molar-refractivity contribution is 8.15. The number of carbonyl (C=O) groups is 3. The van der Waals surface area contributed by atoms with E-state index in [1.807, 2.05) is 0 Å². The van der Waals surface area contributed by atoms with E-state index >= 15 is 0 Å². The zero-order valence-electron chi connectivity index (χ0n) is 17.0. The number of amides is 2. The summed E-state index contributed by atoms with van der Waals surface area (Å²) in [5, 5.41) is 22.5. The molecule has 0 unspecified atom stereocenters. The van der Waals surface area contributed by atoms with Crippen molar-refractivity contribution in [3.8, 4) is 5.75 Å². The average Bonchev–Trinajstić information content (AvgIpc) is 3.06. The first-order chi connectivity index (χ1) is 15.6. The standard InChI is InChI=1S/C20H18N4O7S2/c1-12(25)22-14-5-7-16(8-6-14)33(29,30)31-15-4-2-3-13(9-15)11-21-24-20-23-19(28)17(32-20)10-18(26)27/h2-9,11,17H,10H2,1H3,(H,22,25)(H,26,27)(H,23,24,28)/p-1/b21-11-/t17-/m0/s1. The molecule has 3 rings (SSSR count). The van der Waals surface area contributed by atoms with Crippen LogP contribution in [-0.4, -0.2) is 42.8 Å². The van der Waals surface area contributed by atoms with Crippen LogP contribution in [0.4, 0.5) is 5.69 Å². The summed E-state index contributed by atoms with van der Waals surface area (Å²) in [4.78, 5) is 33.3. The van der Waals surface area contributed by atoms with Crippen LogP contribution in [-0.2, 0) is 24.5 Å². The summed E-state index contributed by atoms with van der Waals surface area (Å²) >= 11 is 0.923. The molecule has 2 aromatic carbocycles. The van der Waals surface area contributed by atoms with E-state index in [0.29, 0.717) is 11.3 Å². The number of thioether (sulfide) groups is 1. The SMILES string of the molecule is CC(=O)Nc1ccc(S(=O)(=O)Oc2cccc(/C=N\N=C3\NC(=O)[C@H](CC(=O)[O-])S3)c2)cc1. The molecule has 11 nitrogen and oxygen atoms in total. The second kappa shape index (κ2) is 10.3. The molecule has 33 heavy (non-hydrogen) atoms. The summed E-state index contributed by atoms with van der Waals surface area (Å²) in [6.45, 7) is 1.34. The highest BCUT2D eigenvalue weighted by atomic mass is 32.2. The second-order valence-electron chi connectivity index (χ2n) is 6.64. The lowest BCUT2D eigenvalue weighted by molar-refractivity contribution is -0.305. The minimum Gasteiger partial charge on any atom is -0.550 e. The number of carbonyl (C=O) groups excluding carboxylic acids is 3. The number of hydrogen-bond acceptors (Lipinski definition) is 10. The molecule has 2 N–H and O–H groups in total. The van der Waals surface area contributed by atoms with Gasteiger partial charge >= 0.3 is 10.1 Å². The maximum absolute atomic E-state index is 12.5. The Morgan fingerprint density at radius 3 is 2.64 bits per heavy atom. The number of nitrogens with one attached hydrogen (secondary N) is 2. The van der Waals surface area contributed by atoms with Gasteiger partial charge in [0.25, 0.3) is 0 Å². The maximum Gasteiger partial charge on any atom is 0.339 e. The Morgan fingerprint density at radius 1 is 1.24 bits per heavy atom. The molecule has 1 fully saturated rings. The fourth-order valence-electron chi connectivity index (χ4n) is 2.62. The third kappa shape index (κ3) is 6.89. The Morgan fingerprint density at radius 2 is 1.97 bits per heavy atom. The summed E-state index contributed by atoms with van der Waals surface area (Å²) in [5.74, 6) is -2.08. The first kappa shape index (κ1) is 23.9. The highest BCUT2D eigenvalue weighted by Crippen LogP contribution is 2.23. The van der Waals surface area contributed by atoms with Gasteiger partial charge in [0, 0.05) is 25.0 Å². The lowest BCUT2D eigenvalue weighted by Crippen LogP contribution is -2.31. The summed E-state index contributed by atoms with van der Waals surface area (Å²) in [7, 11) is -4.12. The van der Waals surface area contributed by atoms with Gasteiger partial charge in [-0.3, -0.25) is 9.59 Å².